The van der Waals surface area contributed by atoms with Crippen LogP contribution in [0.5, 0.6) is 0 Å². The molecule has 0 N–H and O–H groups in total. The smallest absolute Gasteiger partial charge is 0.410 e. The van der Waals surface area contributed by atoms with E-state index in [9.17, 15) is 18.4 Å². The van der Waals surface area contributed by atoms with Crippen LogP contribution in [-0.2, 0) is 24.2 Å². The van der Waals surface area contributed by atoms with Crippen LogP contribution >= 0.6 is 0 Å². The summed E-state index contributed by atoms with van der Waals surface area (Å²) in [6.07, 6.45) is -0.404. The van der Waals surface area contributed by atoms with Crippen molar-refractivity contribution in [2.75, 3.05) is 13.6 Å². The number of carbonyl (C=O) groups is 2. The van der Waals surface area contributed by atoms with E-state index in [2.05, 4.69) is 5.10 Å². The monoisotopic (exact) mass is 410 g/mol. The number of carbonyl (C=O) groups excluding carboxylic acids is 2. The minimum absolute atomic E-state index is 0.133. The molecule has 0 unspecified atom stereocenters. The maximum Gasteiger partial charge on any atom is 0.410 e. The van der Waals surface area contributed by atoms with Crippen molar-refractivity contribution in [2.24, 2.45) is 5.41 Å². The van der Waals surface area contributed by atoms with Crippen LogP contribution in [0.15, 0.2) is 0 Å². The fourth-order valence-electron chi connectivity index (χ4n) is 4.91. The Morgan fingerprint density at radius 3 is 2.48 bits per heavy atom. The second-order valence-corrected chi connectivity index (χ2v) is 9.96. The van der Waals surface area contributed by atoms with Gasteiger partial charge in [0.2, 0.25) is 5.92 Å². The fourth-order valence-corrected chi connectivity index (χ4v) is 4.91. The van der Waals surface area contributed by atoms with E-state index < -0.39 is 23.0 Å². The van der Waals surface area contributed by atoms with Gasteiger partial charge < -0.3 is 14.5 Å². The van der Waals surface area contributed by atoms with Crippen LogP contribution in [0.2, 0.25) is 0 Å². The Labute approximate surface area is 169 Å². The molecule has 0 bridgehead atoms. The highest BCUT2D eigenvalue weighted by molar-refractivity contribution is 5.94. The predicted molar refractivity (Wildman–Crippen MR) is 101 cm³/mol. The van der Waals surface area contributed by atoms with Crippen molar-refractivity contribution in [2.45, 2.75) is 77.6 Å². The Bertz CT molecular complexity index is 866. The summed E-state index contributed by atoms with van der Waals surface area (Å²) in [5.74, 6) is -2.91. The first-order valence-electron chi connectivity index (χ1n) is 10.0. The highest BCUT2D eigenvalue weighted by Crippen LogP contribution is 2.54. The minimum Gasteiger partial charge on any atom is -0.444 e. The van der Waals surface area contributed by atoms with Crippen LogP contribution in [0.1, 0.15) is 62.3 Å². The summed E-state index contributed by atoms with van der Waals surface area (Å²) in [6.45, 7) is 8.14. The van der Waals surface area contributed by atoms with E-state index in [-0.39, 0.29) is 37.9 Å². The Morgan fingerprint density at radius 1 is 1.24 bits per heavy atom. The quantitative estimate of drug-likeness (QED) is 0.659. The molecule has 1 atom stereocenters. The van der Waals surface area contributed by atoms with Gasteiger partial charge in [0.05, 0.1) is 12.2 Å². The first-order chi connectivity index (χ1) is 13.3. The van der Waals surface area contributed by atoms with Gasteiger partial charge in [-0.05, 0) is 27.7 Å². The van der Waals surface area contributed by atoms with Crippen LogP contribution in [0.25, 0.3) is 0 Å². The average molecular weight is 410 g/mol. The van der Waals surface area contributed by atoms with E-state index in [1.54, 1.807) is 16.6 Å². The molecule has 1 aliphatic carbocycles. The van der Waals surface area contributed by atoms with E-state index >= 15 is 0 Å². The predicted octanol–water partition coefficient (Wildman–Crippen LogP) is 3.07. The topological polar surface area (TPSA) is 67.7 Å². The van der Waals surface area contributed by atoms with Crippen LogP contribution in [0.3, 0.4) is 0 Å². The highest BCUT2D eigenvalue weighted by Gasteiger charge is 2.58. The molecule has 1 saturated carbocycles. The number of hydrogen-bond acceptors (Lipinski definition) is 4. The van der Waals surface area contributed by atoms with Crippen LogP contribution < -0.4 is 0 Å². The lowest BCUT2D eigenvalue weighted by Gasteiger charge is -2.47. The minimum atomic E-state index is -2.68. The number of halogens is 2. The van der Waals surface area contributed by atoms with Gasteiger partial charge in [-0.3, -0.25) is 9.48 Å². The number of nitrogens with zero attached hydrogens (tertiary/aromatic N) is 4. The number of rotatable bonds is 0. The third kappa shape index (κ3) is 3.48. The summed E-state index contributed by atoms with van der Waals surface area (Å²) >= 11 is 0. The molecule has 9 heteroatoms. The number of ether oxygens (including phenoxy) is 1. The molecule has 4 rings (SSSR count). The molecule has 1 aromatic rings. The highest BCUT2D eigenvalue weighted by atomic mass is 19.3. The second-order valence-electron chi connectivity index (χ2n) is 9.96. The Balaban J connectivity index is 1.67. The molecule has 7 nitrogen and oxygen atoms in total. The van der Waals surface area contributed by atoms with Gasteiger partial charge in [-0.2, -0.15) is 5.10 Å². The molecule has 2 amide bonds. The average Bonchev–Trinajstić information content (AvgIpc) is 2.80. The number of fused-ring (bicyclic) bond motifs is 3. The molecule has 2 aliphatic heterocycles. The SMILES string of the molecule is C[C@@H]1Cc2nn3c(c2CN1C(=O)OC(C)(C)C)C(=O)N(C)CC1(C3)CC(F)(F)C1. The van der Waals surface area contributed by atoms with E-state index in [4.69, 9.17) is 4.74 Å². The molecular formula is C20H28F2N4O3. The normalized spacial score (nSPS) is 25.2. The molecule has 29 heavy (non-hydrogen) atoms. The summed E-state index contributed by atoms with van der Waals surface area (Å²) in [5.41, 5.74) is 0.607. The fraction of sp³-hybridized carbons (Fsp3) is 0.750. The summed E-state index contributed by atoms with van der Waals surface area (Å²) in [4.78, 5) is 28.9. The van der Waals surface area contributed by atoms with Gasteiger partial charge in [0, 0.05) is 56.4 Å². The van der Waals surface area contributed by atoms with Gasteiger partial charge in [-0.15, -0.1) is 0 Å². The van der Waals surface area contributed by atoms with Crippen molar-refractivity contribution in [1.29, 1.82) is 0 Å². The standard InChI is InChI=1S/C20H28F2N4O3/c1-12-6-14-13(7-25(12)17(28)29-18(2,3)4)15-16(27)24(5)10-19(11-26(15)23-14)8-20(21,22)9-19/h12H,6-11H2,1-5H3/t12-/m1/s1. The second kappa shape index (κ2) is 6.15. The zero-order valence-corrected chi connectivity index (χ0v) is 17.6. The van der Waals surface area contributed by atoms with Crippen molar-refractivity contribution in [3.8, 4) is 0 Å². The van der Waals surface area contributed by atoms with E-state index in [0.29, 0.717) is 24.2 Å². The number of aromatic nitrogens is 2. The first-order valence-corrected chi connectivity index (χ1v) is 10.0. The zero-order valence-electron chi connectivity index (χ0n) is 17.6. The van der Waals surface area contributed by atoms with Crippen molar-refractivity contribution in [1.82, 2.24) is 19.6 Å². The van der Waals surface area contributed by atoms with Gasteiger partial charge in [-0.1, -0.05) is 0 Å². The lowest BCUT2D eigenvalue weighted by Crippen LogP contribution is -2.53. The van der Waals surface area contributed by atoms with Crippen LogP contribution in [0.4, 0.5) is 13.6 Å². The maximum absolute atomic E-state index is 13.7. The molecule has 3 aliphatic rings. The van der Waals surface area contributed by atoms with Gasteiger partial charge in [0.15, 0.2) is 0 Å². The van der Waals surface area contributed by atoms with Crippen LogP contribution in [0, 0.1) is 5.41 Å². The third-order valence-electron chi connectivity index (χ3n) is 5.99. The van der Waals surface area contributed by atoms with Crippen molar-refractivity contribution in [3.63, 3.8) is 0 Å². The Kier molecular flexibility index (Phi) is 4.26. The van der Waals surface area contributed by atoms with E-state index in [1.807, 2.05) is 27.7 Å². The zero-order chi connectivity index (χ0) is 21.4. The van der Waals surface area contributed by atoms with Gasteiger partial charge in [0.25, 0.3) is 5.91 Å². The molecule has 3 heterocycles. The molecule has 160 valence electrons. The third-order valence-corrected chi connectivity index (χ3v) is 5.99. The molecule has 0 radical (unpaired) electrons. The summed E-state index contributed by atoms with van der Waals surface area (Å²) in [5, 5.41) is 4.63. The Morgan fingerprint density at radius 2 is 1.90 bits per heavy atom. The van der Waals surface area contributed by atoms with Gasteiger partial charge in [-0.25, -0.2) is 13.6 Å². The van der Waals surface area contributed by atoms with Crippen LogP contribution in [-0.4, -0.2) is 62.7 Å². The van der Waals surface area contributed by atoms with Gasteiger partial charge in [0.1, 0.15) is 11.3 Å². The first kappa shape index (κ1) is 20.1. The largest absolute Gasteiger partial charge is 0.444 e. The molecule has 1 spiro atoms. The lowest BCUT2D eigenvalue weighted by atomic mass is 9.65. The van der Waals surface area contributed by atoms with Gasteiger partial charge >= 0.3 is 6.09 Å². The summed E-state index contributed by atoms with van der Waals surface area (Å²) in [6, 6.07) is -0.133. The summed E-state index contributed by atoms with van der Waals surface area (Å²) in [7, 11) is 1.65. The lowest BCUT2D eigenvalue weighted by molar-refractivity contribution is -0.170. The van der Waals surface area contributed by atoms with E-state index in [0.717, 1.165) is 5.69 Å². The van der Waals surface area contributed by atoms with E-state index in [1.165, 1.54) is 4.90 Å². The Hall–Kier alpha value is -2.19. The van der Waals surface area contributed by atoms with Crippen molar-refractivity contribution in [3.05, 3.63) is 17.0 Å². The maximum atomic E-state index is 13.7. The van der Waals surface area contributed by atoms with Crippen molar-refractivity contribution >= 4 is 12.0 Å². The summed E-state index contributed by atoms with van der Waals surface area (Å²) < 4.78 is 34.5. The van der Waals surface area contributed by atoms with Crippen molar-refractivity contribution < 1.29 is 23.1 Å². The molecular weight excluding hydrogens is 382 g/mol. The molecule has 0 aromatic carbocycles. The molecule has 1 aromatic heterocycles. The number of alkyl halides is 2. The number of hydrogen-bond donors (Lipinski definition) is 0. The molecule has 1 fully saturated rings. The number of amides is 2. The molecule has 0 saturated heterocycles.